The standard InChI is InChI=1S/C17H23NO/c1-14(2)17-9-5-8-16(11-17)12-18(4)10-6-7-15(3)13-19/h5-11,13-14H,12H2,1-4H3/b10-6-,15-7-. The van der Waals surface area contributed by atoms with E-state index in [4.69, 9.17) is 0 Å². The van der Waals surface area contributed by atoms with Gasteiger partial charge in [-0.3, -0.25) is 4.79 Å². The van der Waals surface area contributed by atoms with Gasteiger partial charge < -0.3 is 4.90 Å². The van der Waals surface area contributed by atoms with Gasteiger partial charge in [0, 0.05) is 13.6 Å². The van der Waals surface area contributed by atoms with Crippen LogP contribution in [0.15, 0.2) is 48.2 Å². The van der Waals surface area contributed by atoms with E-state index < -0.39 is 0 Å². The minimum atomic E-state index is 0.555. The fraction of sp³-hybridized carbons (Fsp3) is 0.353. The summed E-state index contributed by atoms with van der Waals surface area (Å²) in [4.78, 5) is 12.6. The van der Waals surface area contributed by atoms with Gasteiger partial charge in [-0.1, -0.05) is 44.2 Å². The Kier molecular flexibility index (Phi) is 6.07. The van der Waals surface area contributed by atoms with Crippen LogP contribution in [0.4, 0.5) is 0 Å². The lowest BCUT2D eigenvalue weighted by Crippen LogP contribution is -2.10. The van der Waals surface area contributed by atoms with Crippen molar-refractivity contribution in [3.63, 3.8) is 0 Å². The summed E-state index contributed by atoms with van der Waals surface area (Å²) in [7, 11) is 2.03. The molecule has 0 atom stereocenters. The van der Waals surface area contributed by atoms with E-state index in [1.54, 1.807) is 6.92 Å². The second kappa shape index (κ2) is 7.57. The predicted octanol–water partition coefficient (Wildman–Crippen LogP) is 3.90. The van der Waals surface area contributed by atoms with Crippen LogP contribution in [0.5, 0.6) is 0 Å². The van der Waals surface area contributed by atoms with Gasteiger partial charge in [-0.25, -0.2) is 0 Å². The highest BCUT2D eigenvalue weighted by atomic mass is 16.1. The third-order valence-corrected chi connectivity index (χ3v) is 2.94. The van der Waals surface area contributed by atoms with Crippen molar-refractivity contribution in [2.24, 2.45) is 0 Å². The average Bonchev–Trinajstić information content (AvgIpc) is 2.38. The van der Waals surface area contributed by atoms with Crippen molar-refractivity contribution in [3.05, 3.63) is 59.3 Å². The molecule has 19 heavy (non-hydrogen) atoms. The number of benzene rings is 1. The summed E-state index contributed by atoms with van der Waals surface area (Å²) in [6, 6.07) is 8.67. The maximum Gasteiger partial charge on any atom is 0.145 e. The minimum absolute atomic E-state index is 0.555. The van der Waals surface area contributed by atoms with Crippen molar-refractivity contribution < 1.29 is 4.79 Å². The molecule has 102 valence electrons. The van der Waals surface area contributed by atoms with E-state index in [9.17, 15) is 4.79 Å². The minimum Gasteiger partial charge on any atom is -0.376 e. The average molecular weight is 257 g/mol. The molecular weight excluding hydrogens is 234 g/mol. The first kappa shape index (κ1) is 15.2. The smallest absolute Gasteiger partial charge is 0.145 e. The van der Waals surface area contributed by atoms with E-state index >= 15 is 0 Å². The number of carbonyl (C=O) groups excluding carboxylic acids is 1. The molecule has 0 bridgehead atoms. The summed E-state index contributed by atoms with van der Waals surface area (Å²) in [6.45, 7) is 7.07. The van der Waals surface area contributed by atoms with Gasteiger partial charge in [-0.2, -0.15) is 0 Å². The van der Waals surface area contributed by atoms with Crippen molar-refractivity contribution in [2.45, 2.75) is 33.2 Å². The first-order chi connectivity index (χ1) is 9.02. The highest BCUT2D eigenvalue weighted by Gasteiger charge is 2.01. The Morgan fingerprint density at radius 3 is 2.74 bits per heavy atom. The van der Waals surface area contributed by atoms with E-state index in [2.05, 4.69) is 43.0 Å². The summed E-state index contributed by atoms with van der Waals surface area (Å²) < 4.78 is 0. The molecule has 0 aromatic heterocycles. The third kappa shape index (κ3) is 5.56. The lowest BCUT2D eigenvalue weighted by molar-refractivity contribution is -0.104. The topological polar surface area (TPSA) is 20.3 Å². The molecule has 0 saturated heterocycles. The Balaban J connectivity index is 2.64. The molecular formula is C17H23NO. The molecule has 0 aliphatic rings. The van der Waals surface area contributed by atoms with Gasteiger partial charge in [0.2, 0.25) is 0 Å². The van der Waals surface area contributed by atoms with Crippen molar-refractivity contribution >= 4 is 6.29 Å². The molecule has 1 aromatic rings. The van der Waals surface area contributed by atoms with E-state index in [0.29, 0.717) is 5.92 Å². The first-order valence-electron chi connectivity index (χ1n) is 6.62. The zero-order chi connectivity index (χ0) is 14.3. The zero-order valence-corrected chi connectivity index (χ0v) is 12.3. The molecule has 0 spiro atoms. The lowest BCUT2D eigenvalue weighted by atomic mass is 10.0. The second-order valence-electron chi connectivity index (χ2n) is 5.18. The van der Waals surface area contributed by atoms with Crippen LogP contribution in [0.1, 0.15) is 37.8 Å². The fourth-order valence-electron chi connectivity index (χ4n) is 1.77. The summed E-state index contributed by atoms with van der Waals surface area (Å²) in [5.74, 6) is 0.555. The molecule has 2 nitrogen and oxygen atoms in total. The molecule has 0 amide bonds. The molecule has 1 aromatic carbocycles. The van der Waals surface area contributed by atoms with Gasteiger partial charge in [-0.15, -0.1) is 0 Å². The Labute approximate surface area is 116 Å². The Hall–Kier alpha value is -1.83. The fourth-order valence-corrected chi connectivity index (χ4v) is 1.77. The van der Waals surface area contributed by atoms with Crippen molar-refractivity contribution in [1.82, 2.24) is 4.90 Å². The predicted molar refractivity (Wildman–Crippen MR) is 81.0 cm³/mol. The summed E-state index contributed by atoms with van der Waals surface area (Å²) in [6.07, 6.45) is 6.55. The van der Waals surface area contributed by atoms with Gasteiger partial charge in [0.1, 0.15) is 6.29 Å². The van der Waals surface area contributed by atoms with Crippen LogP contribution in [0.3, 0.4) is 0 Å². The summed E-state index contributed by atoms with van der Waals surface area (Å²) in [5.41, 5.74) is 3.40. The van der Waals surface area contributed by atoms with Crippen LogP contribution in [-0.2, 0) is 11.3 Å². The van der Waals surface area contributed by atoms with Gasteiger partial charge >= 0.3 is 0 Å². The molecule has 1 rings (SSSR count). The first-order valence-corrected chi connectivity index (χ1v) is 6.62. The quantitative estimate of drug-likeness (QED) is 0.437. The Morgan fingerprint density at radius 2 is 2.11 bits per heavy atom. The highest BCUT2D eigenvalue weighted by Crippen LogP contribution is 2.16. The highest BCUT2D eigenvalue weighted by molar-refractivity contribution is 5.72. The number of aldehydes is 1. The molecule has 0 unspecified atom stereocenters. The molecule has 0 aliphatic heterocycles. The Bertz CT molecular complexity index is 472. The maximum atomic E-state index is 10.5. The maximum absolute atomic E-state index is 10.5. The second-order valence-corrected chi connectivity index (χ2v) is 5.18. The van der Waals surface area contributed by atoms with Gasteiger partial charge in [-0.05, 0) is 41.8 Å². The van der Waals surface area contributed by atoms with Crippen molar-refractivity contribution in [1.29, 1.82) is 0 Å². The number of hydrogen-bond donors (Lipinski definition) is 0. The van der Waals surface area contributed by atoms with Gasteiger partial charge in [0.15, 0.2) is 0 Å². The van der Waals surface area contributed by atoms with E-state index in [1.807, 2.05) is 25.4 Å². The molecule has 2 heteroatoms. The van der Waals surface area contributed by atoms with Crippen LogP contribution >= 0.6 is 0 Å². The normalized spacial score (nSPS) is 12.2. The monoisotopic (exact) mass is 257 g/mol. The van der Waals surface area contributed by atoms with Crippen LogP contribution in [0, 0.1) is 0 Å². The molecule has 0 N–H and O–H groups in total. The Morgan fingerprint density at radius 1 is 1.37 bits per heavy atom. The van der Waals surface area contributed by atoms with E-state index in [0.717, 1.165) is 18.4 Å². The van der Waals surface area contributed by atoms with Crippen molar-refractivity contribution in [2.75, 3.05) is 7.05 Å². The molecule has 0 aliphatic carbocycles. The van der Waals surface area contributed by atoms with Crippen LogP contribution < -0.4 is 0 Å². The molecule has 0 heterocycles. The van der Waals surface area contributed by atoms with Crippen molar-refractivity contribution in [3.8, 4) is 0 Å². The van der Waals surface area contributed by atoms with Crippen LogP contribution in [-0.4, -0.2) is 18.2 Å². The summed E-state index contributed by atoms with van der Waals surface area (Å²) >= 11 is 0. The summed E-state index contributed by atoms with van der Waals surface area (Å²) in [5, 5.41) is 0. The largest absolute Gasteiger partial charge is 0.376 e. The number of nitrogens with zero attached hydrogens (tertiary/aromatic N) is 1. The van der Waals surface area contributed by atoms with Gasteiger partial charge in [0.25, 0.3) is 0 Å². The SMILES string of the molecule is C/C(C=O)=C/C=C\N(C)Cc1cccc(C(C)C)c1. The van der Waals surface area contributed by atoms with E-state index in [-0.39, 0.29) is 0 Å². The zero-order valence-electron chi connectivity index (χ0n) is 12.3. The molecule has 0 radical (unpaired) electrons. The third-order valence-electron chi connectivity index (χ3n) is 2.94. The van der Waals surface area contributed by atoms with E-state index in [1.165, 1.54) is 11.1 Å². The van der Waals surface area contributed by atoms with Crippen LogP contribution in [0.2, 0.25) is 0 Å². The number of carbonyl (C=O) groups is 1. The molecule has 0 fully saturated rings. The van der Waals surface area contributed by atoms with Crippen LogP contribution in [0.25, 0.3) is 0 Å². The lowest BCUT2D eigenvalue weighted by Gasteiger charge is -2.15. The number of hydrogen-bond acceptors (Lipinski definition) is 2. The number of rotatable bonds is 6. The molecule has 0 saturated carbocycles. The number of allylic oxidation sites excluding steroid dienone is 3. The van der Waals surface area contributed by atoms with Gasteiger partial charge in [0.05, 0.1) is 0 Å².